The largest absolute Gasteiger partial charge is 0.372 e. The molecule has 106 valence electrons. The fraction of sp³-hybridized carbons (Fsp3) is 0.0833. The average molecular weight is 383 g/mol. The standard InChI is InChI=1S/C12H8BrCl2F2N3/c1-18-11-6(14)4-7(15)12(20-11)19-10-8(16)2-5(13)3-9(10)17/h2-4H,1H3,(H2,18,19,20). The minimum atomic E-state index is -0.768. The predicted octanol–water partition coefficient (Wildman–Crippen LogP) is 5.21. The van der Waals surface area contributed by atoms with Gasteiger partial charge in [0.05, 0.1) is 10.0 Å². The van der Waals surface area contributed by atoms with Gasteiger partial charge in [0.1, 0.15) is 11.5 Å². The highest BCUT2D eigenvalue weighted by Crippen LogP contribution is 2.33. The summed E-state index contributed by atoms with van der Waals surface area (Å²) in [5.41, 5.74) is -0.341. The summed E-state index contributed by atoms with van der Waals surface area (Å²) in [5, 5.41) is 5.73. The lowest BCUT2D eigenvalue weighted by Crippen LogP contribution is -2.03. The van der Waals surface area contributed by atoms with Crippen molar-refractivity contribution in [2.45, 2.75) is 0 Å². The van der Waals surface area contributed by atoms with Gasteiger partial charge in [-0.15, -0.1) is 0 Å². The molecule has 0 spiro atoms. The molecule has 2 N–H and O–H groups in total. The van der Waals surface area contributed by atoms with Gasteiger partial charge < -0.3 is 10.6 Å². The van der Waals surface area contributed by atoms with Gasteiger partial charge in [-0.1, -0.05) is 39.1 Å². The molecule has 0 saturated carbocycles. The van der Waals surface area contributed by atoms with E-state index in [9.17, 15) is 8.78 Å². The van der Waals surface area contributed by atoms with Gasteiger partial charge in [-0.25, -0.2) is 13.8 Å². The lowest BCUT2D eigenvalue weighted by molar-refractivity contribution is 0.589. The Morgan fingerprint density at radius 2 is 1.60 bits per heavy atom. The van der Waals surface area contributed by atoms with Crippen LogP contribution in [0.3, 0.4) is 0 Å². The Bertz CT molecular complexity index is 644. The van der Waals surface area contributed by atoms with Gasteiger partial charge in [0, 0.05) is 11.5 Å². The monoisotopic (exact) mass is 381 g/mol. The van der Waals surface area contributed by atoms with Crippen LogP contribution in [-0.4, -0.2) is 12.0 Å². The van der Waals surface area contributed by atoms with Crippen LogP contribution in [0.5, 0.6) is 0 Å². The molecule has 0 saturated heterocycles. The van der Waals surface area contributed by atoms with Gasteiger partial charge in [-0.05, 0) is 18.2 Å². The molecule has 20 heavy (non-hydrogen) atoms. The fourth-order valence-corrected chi connectivity index (χ4v) is 2.41. The highest BCUT2D eigenvalue weighted by Gasteiger charge is 2.14. The van der Waals surface area contributed by atoms with Gasteiger partial charge >= 0.3 is 0 Å². The molecule has 0 amide bonds. The Morgan fingerprint density at radius 3 is 2.15 bits per heavy atom. The van der Waals surface area contributed by atoms with Gasteiger partial charge in [-0.2, -0.15) is 0 Å². The molecular weight excluding hydrogens is 375 g/mol. The van der Waals surface area contributed by atoms with Crippen molar-refractivity contribution in [2.75, 3.05) is 17.7 Å². The summed E-state index contributed by atoms with van der Waals surface area (Å²) in [7, 11) is 1.62. The lowest BCUT2D eigenvalue weighted by Gasteiger charge is -2.12. The van der Waals surface area contributed by atoms with E-state index in [1.165, 1.54) is 6.07 Å². The summed E-state index contributed by atoms with van der Waals surface area (Å²) < 4.78 is 27.8. The summed E-state index contributed by atoms with van der Waals surface area (Å²) >= 11 is 14.9. The smallest absolute Gasteiger partial charge is 0.151 e. The fourth-order valence-electron chi connectivity index (χ4n) is 1.51. The van der Waals surface area contributed by atoms with Crippen LogP contribution in [0.1, 0.15) is 0 Å². The lowest BCUT2D eigenvalue weighted by atomic mass is 10.3. The number of aromatic nitrogens is 1. The molecule has 0 fully saturated rings. The Labute approximate surface area is 132 Å². The number of nitrogens with one attached hydrogen (secondary N) is 2. The van der Waals surface area contributed by atoms with Crippen LogP contribution in [0, 0.1) is 11.6 Å². The maximum Gasteiger partial charge on any atom is 0.151 e. The van der Waals surface area contributed by atoms with Gasteiger partial charge in [0.15, 0.2) is 17.5 Å². The molecule has 0 atom stereocenters. The Hall–Kier alpha value is -1.11. The molecule has 0 aliphatic rings. The average Bonchev–Trinajstić information content (AvgIpc) is 2.35. The SMILES string of the molecule is CNc1nc(Nc2c(F)cc(Br)cc2F)c(Cl)cc1Cl. The number of benzene rings is 1. The summed E-state index contributed by atoms with van der Waals surface area (Å²) in [6.45, 7) is 0. The first-order valence-corrected chi connectivity index (χ1v) is 6.92. The quantitative estimate of drug-likeness (QED) is 0.764. The number of hydrogen-bond acceptors (Lipinski definition) is 3. The summed E-state index contributed by atoms with van der Waals surface area (Å²) in [6, 6.07) is 3.70. The van der Waals surface area contributed by atoms with E-state index in [-0.39, 0.29) is 16.5 Å². The van der Waals surface area contributed by atoms with Crippen LogP contribution in [0.25, 0.3) is 0 Å². The molecule has 2 rings (SSSR count). The van der Waals surface area contributed by atoms with E-state index in [4.69, 9.17) is 23.2 Å². The van der Waals surface area contributed by atoms with Crippen molar-refractivity contribution in [3.8, 4) is 0 Å². The number of rotatable bonds is 3. The van der Waals surface area contributed by atoms with Crippen LogP contribution < -0.4 is 10.6 Å². The Balaban J connectivity index is 2.45. The van der Waals surface area contributed by atoms with Crippen molar-refractivity contribution in [1.82, 2.24) is 4.98 Å². The topological polar surface area (TPSA) is 37.0 Å². The number of nitrogens with zero attached hydrogens (tertiary/aromatic N) is 1. The van der Waals surface area contributed by atoms with Crippen LogP contribution in [0.4, 0.5) is 26.1 Å². The molecule has 0 bridgehead atoms. The molecule has 1 aromatic heterocycles. The number of halogens is 5. The second-order valence-electron chi connectivity index (χ2n) is 3.77. The van der Waals surface area contributed by atoms with E-state index in [1.807, 2.05) is 0 Å². The molecule has 2 aromatic rings. The zero-order valence-electron chi connectivity index (χ0n) is 10.1. The van der Waals surface area contributed by atoms with E-state index in [2.05, 4.69) is 31.5 Å². The van der Waals surface area contributed by atoms with Crippen molar-refractivity contribution in [3.05, 3.63) is 44.4 Å². The summed E-state index contributed by atoms with van der Waals surface area (Å²) in [5.74, 6) is -1.09. The number of anilines is 3. The van der Waals surface area contributed by atoms with Crippen molar-refractivity contribution in [1.29, 1.82) is 0 Å². The van der Waals surface area contributed by atoms with E-state index in [0.29, 0.717) is 15.3 Å². The number of pyridine rings is 1. The first-order valence-electron chi connectivity index (χ1n) is 5.37. The van der Waals surface area contributed by atoms with Crippen molar-refractivity contribution < 1.29 is 8.78 Å². The second kappa shape index (κ2) is 6.11. The molecular formula is C12H8BrCl2F2N3. The third kappa shape index (κ3) is 3.13. The molecule has 1 heterocycles. The van der Waals surface area contributed by atoms with E-state index < -0.39 is 11.6 Å². The highest BCUT2D eigenvalue weighted by atomic mass is 79.9. The van der Waals surface area contributed by atoms with Crippen molar-refractivity contribution in [2.24, 2.45) is 0 Å². The molecule has 3 nitrogen and oxygen atoms in total. The zero-order valence-corrected chi connectivity index (χ0v) is 13.2. The van der Waals surface area contributed by atoms with E-state index >= 15 is 0 Å². The maximum atomic E-state index is 13.7. The minimum absolute atomic E-state index is 0.0977. The van der Waals surface area contributed by atoms with Gasteiger partial charge in [0.25, 0.3) is 0 Å². The third-order valence-electron chi connectivity index (χ3n) is 2.42. The molecule has 8 heteroatoms. The molecule has 0 radical (unpaired) electrons. The molecule has 0 aliphatic carbocycles. The van der Waals surface area contributed by atoms with Crippen LogP contribution >= 0.6 is 39.1 Å². The second-order valence-corrected chi connectivity index (χ2v) is 5.50. The molecule has 0 aliphatic heterocycles. The number of hydrogen-bond donors (Lipinski definition) is 2. The first kappa shape index (κ1) is 15.3. The summed E-state index contributed by atoms with van der Waals surface area (Å²) in [6.07, 6.45) is 0. The first-order chi connectivity index (χ1) is 9.42. The Kier molecular flexibility index (Phi) is 4.67. The van der Waals surface area contributed by atoms with Crippen molar-refractivity contribution in [3.63, 3.8) is 0 Å². The molecule has 1 aromatic carbocycles. The van der Waals surface area contributed by atoms with Crippen LogP contribution in [-0.2, 0) is 0 Å². The van der Waals surface area contributed by atoms with Gasteiger partial charge in [-0.3, -0.25) is 0 Å². The highest BCUT2D eigenvalue weighted by molar-refractivity contribution is 9.10. The zero-order chi connectivity index (χ0) is 14.9. The van der Waals surface area contributed by atoms with Crippen LogP contribution in [0.15, 0.2) is 22.7 Å². The predicted molar refractivity (Wildman–Crippen MR) is 81.1 cm³/mol. The van der Waals surface area contributed by atoms with Gasteiger partial charge in [0.2, 0.25) is 0 Å². The van der Waals surface area contributed by atoms with Crippen LogP contribution in [0.2, 0.25) is 10.0 Å². The van der Waals surface area contributed by atoms with Crippen molar-refractivity contribution >= 4 is 56.5 Å². The van der Waals surface area contributed by atoms with E-state index in [0.717, 1.165) is 12.1 Å². The minimum Gasteiger partial charge on any atom is -0.372 e. The summed E-state index contributed by atoms with van der Waals surface area (Å²) in [4.78, 5) is 4.06. The van der Waals surface area contributed by atoms with E-state index in [1.54, 1.807) is 7.05 Å². The molecule has 0 unspecified atom stereocenters. The third-order valence-corrected chi connectivity index (χ3v) is 3.45. The normalized spacial score (nSPS) is 10.5. The maximum absolute atomic E-state index is 13.7. The Morgan fingerprint density at radius 1 is 1.05 bits per heavy atom.